The van der Waals surface area contributed by atoms with Gasteiger partial charge in [0.15, 0.2) is 0 Å². The van der Waals surface area contributed by atoms with E-state index in [4.69, 9.17) is 15.7 Å². The van der Waals surface area contributed by atoms with Crippen molar-refractivity contribution in [3.05, 3.63) is 69.5 Å². The lowest BCUT2D eigenvalue weighted by atomic mass is 10.1. The van der Waals surface area contributed by atoms with Crippen LogP contribution in [-0.4, -0.2) is 5.91 Å². The second kappa shape index (κ2) is 7.56. The predicted molar refractivity (Wildman–Crippen MR) is 87.7 cm³/mol. The number of nitriles is 1. The molecule has 2 aromatic rings. The highest BCUT2D eigenvalue weighted by Gasteiger charge is 2.08. The molecule has 0 bridgehead atoms. The molecule has 116 valence electrons. The third-order valence-electron chi connectivity index (χ3n) is 2.94. The summed E-state index contributed by atoms with van der Waals surface area (Å²) in [5.41, 5.74) is 6.14. The van der Waals surface area contributed by atoms with E-state index in [1.807, 2.05) is 0 Å². The zero-order valence-electron chi connectivity index (χ0n) is 11.9. The SMILES string of the molecule is N#C/C(=C\c1cc(Br)ccc1OCc1cccc(F)c1)C(N)=O. The van der Waals surface area contributed by atoms with Gasteiger partial charge in [-0.1, -0.05) is 28.1 Å². The van der Waals surface area contributed by atoms with E-state index < -0.39 is 5.91 Å². The maximum atomic E-state index is 13.2. The van der Waals surface area contributed by atoms with Crippen LogP contribution in [0.4, 0.5) is 4.39 Å². The van der Waals surface area contributed by atoms with E-state index in [1.165, 1.54) is 18.2 Å². The van der Waals surface area contributed by atoms with Gasteiger partial charge in [0.25, 0.3) is 5.91 Å². The molecule has 0 aromatic heterocycles. The fraction of sp³-hybridized carbons (Fsp3) is 0.0588. The first-order valence-electron chi connectivity index (χ1n) is 6.58. The van der Waals surface area contributed by atoms with Gasteiger partial charge in [0.2, 0.25) is 0 Å². The first kappa shape index (κ1) is 16.7. The van der Waals surface area contributed by atoms with Crippen molar-refractivity contribution in [1.29, 1.82) is 5.26 Å². The van der Waals surface area contributed by atoms with Crippen LogP contribution in [0.25, 0.3) is 6.08 Å². The summed E-state index contributed by atoms with van der Waals surface area (Å²) in [6.07, 6.45) is 1.36. The van der Waals surface area contributed by atoms with E-state index in [0.717, 1.165) is 4.47 Å². The summed E-state index contributed by atoms with van der Waals surface area (Å²) in [6, 6.07) is 12.9. The fourth-order valence-electron chi connectivity index (χ4n) is 1.87. The Balaban J connectivity index is 2.29. The van der Waals surface area contributed by atoms with E-state index in [-0.39, 0.29) is 18.0 Å². The molecular formula is C17H12BrFN2O2. The molecule has 0 heterocycles. The molecule has 0 saturated heterocycles. The van der Waals surface area contributed by atoms with Crippen molar-refractivity contribution >= 4 is 27.9 Å². The third kappa shape index (κ3) is 4.66. The molecule has 2 N–H and O–H groups in total. The summed E-state index contributed by atoms with van der Waals surface area (Å²) in [5, 5.41) is 8.94. The Morgan fingerprint density at radius 3 is 2.78 bits per heavy atom. The molecule has 0 aliphatic heterocycles. The highest BCUT2D eigenvalue weighted by molar-refractivity contribution is 9.10. The maximum Gasteiger partial charge on any atom is 0.259 e. The number of nitrogens with two attached hydrogens (primary N) is 1. The second-order valence-electron chi connectivity index (χ2n) is 4.63. The second-order valence-corrected chi connectivity index (χ2v) is 5.55. The molecule has 0 fully saturated rings. The molecule has 0 spiro atoms. The topological polar surface area (TPSA) is 76.1 Å². The number of hydrogen-bond acceptors (Lipinski definition) is 3. The summed E-state index contributed by atoms with van der Waals surface area (Å²) in [4.78, 5) is 11.2. The van der Waals surface area contributed by atoms with Crippen LogP contribution in [0.1, 0.15) is 11.1 Å². The molecule has 0 radical (unpaired) electrons. The number of benzene rings is 2. The van der Waals surface area contributed by atoms with Crippen LogP contribution in [0.3, 0.4) is 0 Å². The minimum absolute atomic E-state index is 0.151. The van der Waals surface area contributed by atoms with Gasteiger partial charge in [-0.05, 0) is 42.0 Å². The molecule has 23 heavy (non-hydrogen) atoms. The monoisotopic (exact) mass is 374 g/mol. The quantitative estimate of drug-likeness (QED) is 0.641. The van der Waals surface area contributed by atoms with Crippen LogP contribution < -0.4 is 10.5 Å². The molecule has 0 aliphatic rings. The number of rotatable bonds is 5. The van der Waals surface area contributed by atoms with E-state index in [9.17, 15) is 9.18 Å². The van der Waals surface area contributed by atoms with Crippen molar-refractivity contribution in [1.82, 2.24) is 0 Å². The van der Waals surface area contributed by atoms with Crippen molar-refractivity contribution in [3.8, 4) is 11.8 Å². The Labute approximate surface area is 141 Å². The average Bonchev–Trinajstić information content (AvgIpc) is 2.51. The summed E-state index contributed by atoms with van der Waals surface area (Å²) < 4.78 is 19.6. The van der Waals surface area contributed by atoms with Crippen LogP contribution in [0, 0.1) is 17.1 Å². The standard InChI is InChI=1S/C17H12BrFN2O2/c18-14-4-5-16(12(8-14)7-13(9-20)17(21)22)23-10-11-2-1-3-15(19)6-11/h1-8H,10H2,(H2,21,22)/b13-7+. The first-order chi connectivity index (χ1) is 11.0. The molecule has 1 amide bonds. The van der Waals surface area contributed by atoms with Gasteiger partial charge >= 0.3 is 0 Å². The highest BCUT2D eigenvalue weighted by Crippen LogP contribution is 2.26. The van der Waals surface area contributed by atoms with Crippen molar-refractivity contribution in [2.45, 2.75) is 6.61 Å². The van der Waals surface area contributed by atoms with Gasteiger partial charge in [-0.15, -0.1) is 0 Å². The highest BCUT2D eigenvalue weighted by atomic mass is 79.9. The average molecular weight is 375 g/mol. The van der Waals surface area contributed by atoms with Gasteiger partial charge < -0.3 is 10.5 Å². The van der Waals surface area contributed by atoms with Crippen LogP contribution in [0.2, 0.25) is 0 Å². The lowest BCUT2D eigenvalue weighted by Crippen LogP contribution is -2.12. The number of ether oxygens (including phenoxy) is 1. The largest absolute Gasteiger partial charge is 0.488 e. The summed E-state index contributed by atoms with van der Waals surface area (Å²) in [7, 11) is 0. The number of nitrogens with zero attached hydrogens (tertiary/aromatic N) is 1. The molecule has 2 rings (SSSR count). The molecule has 4 nitrogen and oxygen atoms in total. The van der Waals surface area contributed by atoms with Crippen molar-refractivity contribution in [3.63, 3.8) is 0 Å². The molecule has 2 aromatic carbocycles. The summed E-state index contributed by atoms with van der Waals surface area (Å²) >= 11 is 3.32. The predicted octanol–water partition coefficient (Wildman–Crippen LogP) is 3.56. The Morgan fingerprint density at radius 2 is 2.13 bits per heavy atom. The minimum atomic E-state index is -0.816. The van der Waals surface area contributed by atoms with Gasteiger partial charge in [-0.25, -0.2) is 4.39 Å². The van der Waals surface area contributed by atoms with E-state index >= 15 is 0 Å². The number of halogens is 2. The van der Waals surface area contributed by atoms with Gasteiger partial charge in [-0.2, -0.15) is 5.26 Å². The van der Waals surface area contributed by atoms with Crippen molar-refractivity contribution < 1.29 is 13.9 Å². The number of hydrogen-bond donors (Lipinski definition) is 1. The molecule has 0 aliphatic carbocycles. The maximum absolute atomic E-state index is 13.2. The van der Waals surface area contributed by atoms with Crippen LogP contribution in [-0.2, 0) is 11.4 Å². The number of amides is 1. The Bertz CT molecular complexity index is 812. The number of carbonyl (C=O) groups is 1. The van der Waals surface area contributed by atoms with E-state index in [2.05, 4.69) is 15.9 Å². The molecule has 0 unspecified atom stereocenters. The zero-order valence-corrected chi connectivity index (χ0v) is 13.5. The normalized spacial score (nSPS) is 10.9. The van der Waals surface area contributed by atoms with Crippen molar-refractivity contribution in [2.75, 3.05) is 0 Å². The molecular weight excluding hydrogens is 363 g/mol. The van der Waals surface area contributed by atoms with Gasteiger partial charge in [0, 0.05) is 10.0 Å². The summed E-state index contributed by atoms with van der Waals surface area (Å²) in [5.74, 6) is -0.711. The van der Waals surface area contributed by atoms with Crippen LogP contribution in [0.15, 0.2) is 52.5 Å². The first-order valence-corrected chi connectivity index (χ1v) is 7.37. The lowest BCUT2D eigenvalue weighted by Gasteiger charge is -2.10. The molecule has 0 saturated carbocycles. The molecule has 0 atom stereocenters. The Morgan fingerprint density at radius 1 is 1.35 bits per heavy atom. The van der Waals surface area contributed by atoms with E-state index in [1.54, 1.807) is 36.4 Å². The fourth-order valence-corrected chi connectivity index (χ4v) is 2.24. The van der Waals surface area contributed by atoms with Gasteiger partial charge in [0.1, 0.15) is 29.8 Å². The van der Waals surface area contributed by atoms with Gasteiger partial charge in [-0.3, -0.25) is 4.79 Å². The van der Waals surface area contributed by atoms with Crippen LogP contribution in [0.5, 0.6) is 5.75 Å². The molecule has 6 heteroatoms. The number of primary amides is 1. The lowest BCUT2D eigenvalue weighted by molar-refractivity contribution is -0.114. The van der Waals surface area contributed by atoms with E-state index in [0.29, 0.717) is 16.9 Å². The van der Waals surface area contributed by atoms with Crippen molar-refractivity contribution in [2.24, 2.45) is 5.73 Å². The minimum Gasteiger partial charge on any atom is -0.488 e. The Hall–Kier alpha value is -2.65. The van der Waals surface area contributed by atoms with Gasteiger partial charge in [0.05, 0.1) is 0 Å². The summed E-state index contributed by atoms with van der Waals surface area (Å²) in [6.45, 7) is 0.151. The number of carbonyl (C=O) groups excluding carboxylic acids is 1. The third-order valence-corrected chi connectivity index (χ3v) is 3.43. The van der Waals surface area contributed by atoms with Crippen LogP contribution >= 0.6 is 15.9 Å². The Kier molecular flexibility index (Phi) is 5.50. The smallest absolute Gasteiger partial charge is 0.259 e. The zero-order chi connectivity index (χ0) is 16.8.